The molecule has 2 atom stereocenters. The van der Waals surface area contributed by atoms with E-state index in [-0.39, 0.29) is 12.1 Å². The Morgan fingerprint density at radius 3 is 2.29 bits per heavy atom. The second kappa shape index (κ2) is 6.86. The van der Waals surface area contributed by atoms with Gasteiger partial charge in [-0.15, -0.1) is 0 Å². The Kier molecular flexibility index (Phi) is 4.99. The van der Waals surface area contributed by atoms with E-state index in [2.05, 4.69) is 39.9 Å². The number of hydrogen-bond donors (Lipinski definition) is 0. The summed E-state index contributed by atoms with van der Waals surface area (Å²) >= 11 is 3.46. The second-order valence-electron chi connectivity index (χ2n) is 6.04. The van der Waals surface area contributed by atoms with Crippen LogP contribution in [-0.2, 0) is 14.6 Å². The molecular weight excluding hydrogens is 390 g/mol. The highest BCUT2D eigenvalue weighted by Crippen LogP contribution is 2.32. The summed E-state index contributed by atoms with van der Waals surface area (Å²) in [5, 5.41) is 0. The molecule has 3 rings (SSSR count). The molecule has 1 aliphatic rings. The van der Waals surface area contributed by atoms with E-state index in [9.17, 15) is 8.42 Å². The normalized spacial score (nSPS) is 21.7. The first-order valence-corrected chi connectivity index (χ1v) is 10.5. The Hall–Kier alpha value is -1.37. The van der Waals surface area contributed by atoms with Gasteiger partial charge in [-0.1, -0.05) is 28.1 Å². The van der Waals surface area contributed by atoms with Crippen molar-refractivity contribution in [1.82, 2.24) is 0 Å². The quantitative estimate of drug-likeness (QED) is 0.772. The number of halogens is 1. The van der Waals surface area contributed by atoms with Gasteiger partial charge < -0.3 is 9.64 Å². The fourth-order valence-corrected chi connectivity index (χ4v) is 3.96. The van der Waals surface area contributed by atoms with Gasteiger partial charge in [-0.25, -0.2) is 8.42 Å². The summed E-state index contributed by atoms with van der Waals surface area (Å²) in [6, 6.07) is 15.4. The zero-order chi connectivity index (χ0) is 17.3. The number of sulfone groups is 1. The molecule has 0 radical (unpaired) electrons. The summed E-state index contributed by atoms with van der Waals surface area (Å²) in [7, 11) is -3.17. The van der Waals surface area contributed by atoms with E-state index in [1.54, 1.807) is 12.1 Å². The van der Waals surface area contributed by atoms with E-state index >= 15 is 0 Å². The molecule has 2 aromatic rings. The van der Waals surface area contributed by atoms with Gasteiger partial charge in [-0.2, -0.15) is 0 Å². The van der Waals surface area contributed by atoms with Crippen LogP contribution in [0, 0.1) is 0 Å². The van der Waals surface area contributed by atoms with Gasteiger partial charge in [-0.05, 0) is 48.9 Å². The summed E-state index contributed by atoms with van der Waals surface area (Å²) in [5.74, 6) is 0. The van der Waals surface area contributed by atoms with Gasteiger partial charge in [0.25, 0.3) is 0 Å². The minimum Gasteiger partial charge on any atom is -0.370 e. The van der Waals surface area contributed by atoms with Crippen LogP contribution in [0.15, 0.2) is 57.9 Å². The summed E-state index contributed by atoms with van der Waals surface area (Å²) < 4.78 is 30.3. The van der Waals surface area contributed by atoms with Crippen LogP contribution in [0.2, 0.25) is 0 Å². The van der Waals surface area contributed by atoms with Crippen LogP contribution in [0.5, 0.6) is 0 Å². The van der Waals surface area contributed by atoms with Crippen molar-refractivity contribution in [1.29, 1.82) is 0 Å². The van der Waals surface area contributed by atoms with Crippen molar-refractivity contribution in [3.05, 3.63) is 58.6 Å². The van der Waals surface area contributed by atoms with Gasteiger partial charge in [0.1, 0.15) is 6.10 Å². The Balaban J connectivity index is 1.84. The minimum absolute atomic E-state index is 0.0126. The second-order valence-corrected chi connectivity index (χ2v) is 8.97. The summed E-state index contributed by atoms with van der Waals surface area (Å²) in [6.07, 6.45) is 1.21. The standard InChI is InChI=1S/C18H20BrNO3S/c1-13-18(14-3-5-15(19)6-4-14)23-12-11-20(13)16-7-9-17(10-8-16)24(2,21)22/h3-10,13,18H,11-12H2,1-2H3. The maximum atomic E-state index is 11.6. The number of nitrogens with zero attached hydrogens (tertiary/aromatic N) is 1. The number of ether oxygens (including phenoxy) is 1. The number of rotatable bonds is 3. The first-order valence-electron chi connectivity index (χ1n) is 7.80. The van der Waals surface area contributed by atoms with Crippen molar-refractivity contribution < 1.29 is 13.2 Å². The lowest BCUT2D eigenvalue weighted by Crippen LogP contribution is -2.45. The van der Waals surface area contributed by atoms with E-state index in [1.165, 1.54) is 6.26 Å². The molecule has 0 aromatic heterocycles. The summed E-state index contributed by atoms with van der Waals surface area (Å²) in [5.41, 5.74) is 2.16. The SMILES string of the molecule is CC1C(c2ccc(Br)cc2)OCCN1c1ccc(S(C)(=O)=O)cc1. The summed E-state index contributed by atoms with van der Waals surface area (Å²) in [4.78, 5) is 2.61. The molecule has 1 fully saturated rings. The topological polar surface area (TPSA) is 46.6 Å². The van der Waals surface area contributed by atoms with Gasteiger partial charge in [0.05, 0.1) is 17.5 Å². The number of benzene rings is 2. The zero-order valence-electron chi connectivity index (χ0n) is 13.6. The third kappa shape index (κ3) is 3.66. The lowest BCUT2D eigenvalue weighted by atomic mass is 10.00. The van der Waals surface area contributed by atoms with E-state index in [4.69, 9.17) is 4.74 Å². The van der Waals surface area contributed by atoms with Crippen molar-refractivity contribution in [2.45, 2.75) is 24.0 Å². The molecule has 24 heavy (non-hydrogen) atoms. The van der Waals surface area contributed by atoms with Gasteiger partial charge in [0.15, 0.2) is 9.84 Å². The van der Waals surface area contributed by atoms with Crippen LogP contribution >= 0.6 is 15.9 Å². The zero-order valence-corrected chi connectivity index (χ0v) is 16.0. The van der Waals surface area contributed by atoms with Crippen LogP contribution in [0.4, 0.5) is 5.69 Å². The first kappa shape index (κ1) is 17.5. The fourth-order valence-electron chi connectivity index (χ4n) is 3.06. The average molecular weight is 410 g/mol. The highest BCUT2D eigenvalue weighted by atomic mass is 79.9. The van der Waals surface area contributed by atoms with Gasteiger partial charge in [0.2, 0.25) is 0 Å². The number of morpholine rings is 1. The molecule has 2 unspecified atom stereocenters. The lowest BCUT2D eigenvalue weighted by Gasteiger charge is -2.41. The molecule has 0 N–H and O–H groups in total. The van der Waals surface area contributed by atoms with Crippen molar-refractivity contribution in [2.24, 2.45) is 0 Å². The molecule has 2 aromatic carbocycles. The van der Waals surface area contributed by atoms with E-state index in [1.807, 2.05) is 24.3 Å². The Morgan fingerprint density at radius 2 is 1.71 bits per heavy atom. The lowest BCUT2D eigenvalue weighted by molar-refractivity contribution is 0.0146. The van der Waals surface area contributed by atoms with Crippen LogP contribution in [-0.4, -0.2) is 33.9 Å². The molecule has 6 heteroatoms. The molecule has 0 amide bonds. The predicted octanol–water partition coefficient (Wildman–Crippen LogP) is 3.82. The molecule has 0 aliphatic carbocycles. The van der Waals surface area contributed by atoms with Crippen molar-refractivity contribution in [3.8, 4) is 0 Å². The molecule has 4 nitrogen and oxygen atoms in total. The van der Waals surface area contributed by atoms with Crippen LogP contribution < -0.4 is 4.90 Å². The Bertz CT molecular complexity index is 803. The van der Waals surface area contributed by atoms with Gasteiger partial charge in [-0.3, -0.25) is 0 Å². The molecular formula is C18H20BrNO3S. The van der Waals surface area contributed by atoms with Crippen LogP contribution in [0.25, 0.3) is 0 Å². The Labute approximate surface area is 151 Å². The monoisotopic (exact) mass is 409 g/mol. The molecule has 0 saturated carbocycles. The fraction of sp³-hybridized carbons (Fsp3) is 0.333. The van der Waals surface area contributed by atoms with Crippen molar-refractivity contribution in [2.75, 3.05) is 24.3 Å². The van der Waals surface area contributed by atoms with E-state index in [0.717, 1.165) is 22.3 Å². The smallest absolute Gasteiger partial charge is 0.175 e. The molecule has 1 saturated heterocycles. The highest BCUT2D eigenvalue weighted by molar-refractivity contribution is 9.10. The molecule has 0 bridgehead atoms. The maximum absolute atomic E-state index is 11.6. The molecule has 1 aliphatic heterocycles. The molecule has 1 heterocycles. The van der Waals surface area contributed by atoms with Crippen LogP contribution in [0.1, 0.15) is 18.6 Å². The third-order valence-corrected chi connectivity index (χ3v) is 6.01. The third-order valence-electron chi connectivity index (χ3n) is 4.35. The van der Waals surface area contributed by atoms with Crippen molar-refractivity contribution in [3.63, 3.8) is 0 Å². The number of anilines is 1. The van der Waals surface area contributed by atoms with Crippen molar-refractivity contribution >= 4 is 31.5 Å². The number of hydrogen-bond acceptors (Lipinski definition) is 4. The predicted molar refractivity (Wildman–Crippen MR) is 99.2 cm³/mol. The molecule has 0 spiro atoms. The summed E-state index contributed by atoms with van der Waals surface area (Å²) in [6.45, 7) is 3.56. The minimum atomic E-state index is -3.17. The highest BCUT2D eigenvalue weighted by Gasteiger charge is 2.30. The van der Waals surface area contributed by atoms with Crippen LogP contribution in [0.3, 0.4) is 0 Å². The average Bonchev–Trinajstić information content (AvgIpc) is 2.55. The molecule has 128 valence electrons. The largest absolute Gasteiger partial charge is 0.370 e. The van der Waals surface area contributed by atoms with E-state index in [0.29, 0.717) is 11.5 Å². The van der Waals surface area contributed by atoms with Gasteiger partial charge >= 0.3 is 0 Å². The first-order chi connectivity index (χ1) is 11.4. The maximum Gasteiger partial charge on any atom is 0.175 e. The van der Waals surface area contributed by atoms with E-state index < -0.39 is 9.84 Å². The Morgan fingerprint density at radius 1 is 1.08 bits per heavy atom. The van der Waals surface area contributed by atoms with Gasteiger partial charge in [0, 0.05) is 23.0 Å².